The van der Waals surface area contributed by atoms with Crippen molar-refractivity contribution in [1.82, 2.24) is 5.32 Å². The third-order valence-electron chi connectivity index (χ3n) is 3.18. The minimum Gasteiger partial charge on any atom is -0.462 e. The molecule has 1 aliphatic rings. The summed E-state index contributed by atoms with van der Waals surface area (Å²) in [6.07, 6.45) is 2.18. The Balaban J connectivity index is 1.80. The summed E-state index contributed by atoms with van der Waals surface area (Å²) in [4.78, 5) is 11.7. The number of carbonyl (C=O) groups excluding carboxylic acids is 1. The molecule has 18 heavy (non-hydrogen) atoms. The maximum absolute atomic E-state index is 11.7. The van der Waals surface area contributed by atoms with Crippen LogP contribution in [0, 0.1) is 0 Å². The van der Waals surface area contributed by atoms with Crippen molar-refractivity contribution in [2.24, 2.45) is 0 Å². The smallest absolute Gasteiger partial charge is 0.339 e. The van der Waals surface area contributed by atoms with Gasteiger partial charge in [-0.1, -0.05) is 36.8 Å². The van der Waals surface area contributed by atoms with Crippen LogP contribution in [0.3, 0.4) is 0 Å². The first-order valence-corrected chi connectivity index (χ1v) is 6.40. The maximum Gasteiger partial charge on any atom is 0.339 e. The van der Waals surface area contributed by atoms with Gasteiger partial charge in [0, 0.05) is 6.04 Å². The van der Waals surface area contributed by atoms with Gasteiger partial charge in [0.1, 0.15) is 6.61 Å². The molecule has 98 valence electrons. The van der Waals surface area contributed by atoms with Gasteiger partial charge < -0.3 is 15.2 Å². The number of hydrogen-bond acceptors (Lipinski definition) is 4. The van der Waals surface area contributed by atoms with Gasteiger partial charge in [0.25, 0.3) is 0 Å². The molecule has 1 aromatic rings. The van der Waals surface area contributed by atoms with Crippen molar-refractivity contribution in [3.63, 3.8) is 0 Å². The largest absolute Gasteiger partial charge is 0.462 e. The van der Waals surface area contributed by atoms with Gasteiger partial charge in [0.15, 0.2) is 6.10 Å². The van der Waals surface area contributed by atoms with E-state index in [0.29, 0.717) is 12.2 Å². The van der Waals surface area contributed by atoms with E-state index in [2.05, 4.69) is 5.32 Å². The predicted molar refractivity (Wildman–Crippen MR) is 68.0 cm³/mol. The molecule has 2 N–H and O–H groups in total. The van der Waals surface area contributed by atoms with Gasteiger partial charge in [-0.05, 0) is 24.9 Å². The Morgan fingerprint density at radius 2 is 2.17 bits per heavy atom. The van der Waals surface area contributed by atoms with Crippen LogP contribution in [0.4, 0.5) is 0 Å². The van der Waals surface area contributed by atoms with Crippen LogP contribution in [0.15, 0.2) is 30.3 Å². The molecule has 1 aliphatic heterocycles. The second-order valence-corrected chi connectivity index (χ2v) is 4.59. The first-order valence-electron chi connectivity index (χ1n) is 6.40. The molecule has 0 bridgehead atoms. The van der Waals surface area contributed by atoms with Crippen LogP contribution >= 0.6 is 0 Å². The first kappa shape index (κ1) is 13.1. The van der Waals surface area contributed by atoms with Gasteiger partial charge in [-0.3, -0.25) is 0 Å². The minimum atomic E-state index is -1.19. The number of hydrogen-bond donors (Lipinski definition) is 2. The quantitative estimate of drug-likeness (QED) is 0.792. The summed E-state index contributed by atoms with van der Waals surface area (Å²) >= 11 is 0. The molecule has 0 spiro atoms. The highest BCUT2D eigenvalue weighted by atomic mass is 16.5. The van der Waals surface area contributed by atoms with Crippen molar-refractivity contribution < 1.29 is 14.6 Å². The zero-order chi connectivity index (χ0) is 12.8. The van der Waals surface area contributed by atoms with E-state index in [1.54, 1.807) is 24.3 Å². The molecule has 4 nitrogen and oxygen atoms in total. The molecule has 2 atom stereocenters. The Bertz CT molecular complexity index is 374. The van der Waals surface area contributed by atoms with Gasteiger partial charge in [0.05, 0.1) is 0 Å². The third-order valence-corrected chi connectivity index (χ3v) is 3.18. The van der Waals surface area contributed by atoms with E-state index in [-0.39, 0.29) is 6.04 Å². The molecule has 1 saturated heterocycles. The van der Waals surface area contributed by atoms with E-state index < -0.39 is 12.1 Å². The zero-order valence-electron chi connectivity index (χ0n) is 10.3. The van der Waals surface area contributed by atoms with E-state index in [0.717, 1.165) is 19.4 Å². The molecule has 0 radical (unpaired) electrons. The average molecular weight is 249 g/mol. The number of piperidine rings is 1. The molecule has 0 amide bonds. The highest BCUT2D eigenvalue weighted by Gasteiger charge is 2.21. The first-order chi connectivity index (χ1) is 8.77. The van der Waals surface area contributed by atoms with Gasteiger partial charge in [0.2, 0.25) is 0 Å². The lowest BCUT2D eigenvalue weighted by Gasteiger charge is -2.23. The van der Waals surface area contributed by atoms with Crippen LogP contribution in [0.25, 0.3) is 0 Å². The minimum absolute atomic E-state index is 0.227. The Morgan fingerprint density at radius 1 is 1.39 bits per heavy atom. The van der Waals surface area contributed by atoms with Crippen LogP contribution in [-0.4, -0.2) is 30.3 Å². The molecule has 1 aromatic carbocycles. The van der Waals surface area contributed by atoms with Crippen molar-refractivity contribution in [3.8, 4) is 0 Å². The van der Waals surface area contributed by atoms with Crippen molar-refractivity contribution >= 4 is 5.97 Å². The van der Waals surface area contributed by atoms with Crippen LogP contribution in [0.2, 0.25) is 0 Å². The normalized spacial score (nSPS) is 21.3. The number of carbonyl (C=O) groups is 1. The SMILES string of the molecule is O=C(OCC1CCCCN1)C(O)c1ccccc1. The predicted octanol–water partition coefficient (Wildman–Crippen LogP) is 1.41. The highest BCUT2D eigenvalue weighted by molar-refractivity contribution is 5.76. The monoisotopic (exact) mass is 249 g/mol. The molecule has 0 aliphatic carbocycles. The van der Waals surface area contributed by atoms with Crippen LogP contribution in [-0.2, 0) is 9.53 Å². The van der Waals surface area contributed by atoms with Crippen molar-refractivity contribution in [1.29, 1.82) is 0 Å². The van der Waals surface area contributed by atoms with Crippen LogP contribution in [0.5, 0.6) is 0 Å². The molecule has 2 unspecified atom stereocenters. The Labute approximate surface area is 107 Å². The second kappa shape index (κ2) is 6.52. The Hall–Kier alpha value is -1.39. The van der Waals surface area contributed by atoms with E-state index in [4.69, 9.17) is 4.74 Å². The van der Waals surface area contributed by atoms with Gasteiger partial charge in [-0.25, -0.2) is 4.79 Å². The summed E-state index contributed by atoms with van der Waals surface area (Å²) in [5.74, 6) is -0.575. The zero-order valence-corrected chi connectivity index (χ0v) is 10.3. The summed E-state index contributed by atoms with van der Waals surface area (Å²) in [6, 6.07) is 9.07. The number of nitrogens with one attached hydrogen (secondary N) is 1. The molecule has 0 aromatic heterocycles. The number of aliphatic hydroxyl groups is 1. The summed E-state index contributed by atoms with van der Waals surface area (Å²) in [6.45, 7) is 1.31. The number of ether oxygens (including phenoxy) is 1. The fourth-order valence-electron chi connectivity index (χ4n) is 2.10. The molecule has 4 heteroatoms. The summed E-state index contributed by atoms with van der Waals surface area (Å²) < 4.78 is 5.15. The number of aliphatic hydroxyl groups excluding tert-OH is 1. The molecule has 0 saturated carbocycles. The molecule has 1 heterocycles. The topological polar surface area (TPSA) is 58.6 Å². The standard InChI is InChI=1S/C14H19NO3/c16-13(11-6-2-1-3-7-11)14(17)18-10-12-8-4-5-9-15-12/h1-3,6-7,12-13,15-16H,4-5,8-10H2. The van der Waals surface area contributed by atoms with Gasteiger partial charge >= 0.3 is 5.97 Å². The summed E-state index contributed by atoms with van der Waals surface area (Å²) in [7, 11) is 0. The Morgan fingerprint density at radius 3 is 2.83 bits per heavy atom. The van der Waals surface area contributed by atoms with Crippen molar-refractivity contribution in [3.05, 3.63) is 35.9 Å². The summed E-state index contributed by atoms with van der Waals surface area (Å²) in [5, 5.41) is 13.1. The average Bonchev–Trinajstić information content (AvgIpc) is 2.46. The lowest BCUT2D eigenvalue weighted by atomic mass is 10.1. The molecule has 2 rings (SSSR count). The number of benzene rings is 1. The fraction of sp³-hybridized carbons (Fsp3) is 0.500. The van der Waals surface area contributed by atoms with Crippen LogP contribution in [0.1, 0.15) is 30.9 Å². The fourth-order valence-corrected chi connectivity index (χ4v) is 2.10. The Kier molecular flexibility index (Phi) is 4.73. The number of rotatable bonds is 4. The summed E-state index contributed by atoms with van der Waals surface area (Å²) in [5.41, 5.74) is 0.569. The van der Waals surface area contributed by atoms with E-state index >= 15 is 0 Å². The van der Waals surface area contributed by atoms with Crippen molar-refractivity contribution in [2.45, 2.75) is 31.4 Å². The third kappa shape index (κ3) is 3.55. The number of esters is 1. The van der Waals surface area contributed by atoms with Gasteiger partial charge in [-0.2, -0.15) is 0 Å². The van der Waals surface area contributed by atoms with E-state index in [1.807, 2.05) is 6.07 Å². The lowest BCUT2D eigenvalue weighted by Crippen LogP contribution is -2.38. The van der Waals surface area contributed by atoms with E-state index in [9.17, 15) is 9.90 Å². The van der Waals surface area contributed by atoms with Crippen LogP contribution < -0.4 is 5.32 Å². The molecular formula is C14H19NO3. The highest BCUT2D eigenvalue weighted by Crippen LogP contribution is 2.14. The van der Waals surface area contributed by atoms with E-state index in [1.165, 1.54) is 6.42 Å². The van der Waals surface area contributed by atoms with Crippen molar-refractivity contribution in [2.75, 3.05) is 13.2 Å². The lowest BCUT2D eigenvalue weighted by molar-refractivity contribution is -0.154. The maximum atomic E-state index is 11.7. The second-order valence-electron chi connectivity index (χ2n) is 4.59. The molecule has 1 fully saturated rings. The van der Waals surface area contributed by atoms with Gasteiger partial charge in [-0.15, -0.1) is 0 Å². The molecular weight excluding hydrogens is 230 g/mol.